The van der Waals surface area contributed by atoms with Gasteiger partial charge >= 0.3 is 0 Å². The molecule has 0 saturated heterocycles. The predicted molar refractivity (Wildman–Crippen MR) is 63.9 cm³/mol. The van der Waals surface area contributed by atoms with Crippen molar-refractivity contribution in [1.82, 2.24) is 15.0 Å². The van der Waals surface area contributed by atoms with Crippen molar-refractivity contribution < 1.29 is 4.74 Å². The molecular weight excluding hydrogens is 222 g/mol. The average Bonchev–Trinajstić information content (AvgIpc) is 2.33. The Balaban J connectivity index is 2.50. The van der Waals surface area contributed by atoms with E-state index in [1.54, 1.807) is 19.6 Å². The zero-order chi connectivity index (χ0) is 11.5. The first-order valence-corrected chi connectivity index (χ1v) is 5.18. The zero-order valence-electron chi connectivity index (χ0n) is 9.02. The first kappa shape index (κ1) is 10.8. The zero-order valence-corrected chi connectivity index (χ0v) is 9.84. The van der Waals surface area contributed by atoms with Gasteiger partial charge in [-0.05, 0) is 13.0 Å². The number of H-pyrrole nitrogens is 1. The van der Waals surface area contributed by atoms with Crippen LogP contribution in [-0.4, -0.2) is 22.1 Å². The lowest BCUT2D eigenvalue weighted by Crippen LogP contribution is -1.93. The standard InChI is InChI=1S/C11H11N3OS/c1-7-10(13-6-14-11(7)16)8-3-4-9(15-2)12-5-8/h3-6H,1-2H3,(H,13,14,16). The minimum Gasteiger partial charge on any atom is -0.481 e. The van der Waals surface area contributed by atoms with Gasteiger partial charge in [0.25, 0.3) is 0 Å². The minimum atomic E-state index is 0.592. The van der Waals surface area contributed by atoms with Gasteiger partial charge in [0.1, 0.15) is 4.64 Å². The van der Waals surface area contributed by atoms with Crippen molar-refractivity contribution in [3.63, 3.8) is 0 Å². The molecule has 0 atom stereocenters. The maximum Gasteiger partial charge on any atom is 0.212 e. The van der Waals surface area contributed by atoms with Crippen molar-refractivity contribution in [1.29, 1.82) is 0 Å². The van der Waals surface area contributed by atoms with Crippen molar-refractivity contribution in [2.75, 3.05) is 7.11 Å². The van der Waals surface area contributed by atoms with Gasteiger partial charge in [-0.15, -0.1) is 0 Å². The van der Waals surface area contributed by atoms with Crippen LogP contribution in [0.5, 0.6) is 5.88 Å². The van der Waals surface area contributed by atoms with Gasteiger partial charge in [0.05, 0.1) is 19.1 Å². The van der Waals surface area contributed by atoms with E-state index in [9.17, 15) is 0 Å². The summed E-state index contributed by atoms with van der Waals surface area (Å²) in [7, 11) is 1.59. The number of aromatic amines is 1. The molecule has 16 heavy (non-hydrogen) atoms. The molecule has 4 nitrogen and oxygen atoms in total. The second kappa shape index (κ2) is 4.40. The molecule has 0 aliphatic carbocycles. The number of ether oxygens (including phenoxy) is 1. The van der Waals surface area contributed by atoms with Gasteiger partial charge in [-0.1, -0.05) is 12.2 Å². The van der Waals surface area contributed by atoms with Crippen LogP contribution in [-0.2, 0) is 0 Å². The molecule has 0 aromatic carbocycles. The van der Waals surface area contributed by atoms with E-state index in [0.29, 0.717) is 10.5 Å². The van der Waals surface area contributed by atoms with Crippen molar-refractivity contribution >= 4 is 12.2 Å². The fourth-order valence-corrected chi connectivity index (χ4v) is 1.57. The SMILES string of the molecule is COc1ccc(-c2[nH]cnc(=S)c2C)cn1. The molecule has 0 aliphatic heterocycles. The molecule has 2 heterocycles. The summed E-state index contributed by atoms with van der Waals surface area (Å²) in [6, 6.07) is 3.74. The number of rotatable bonds is 2. The topological polar surface area (TPSA) is 50.8 Å². The Kier molecular flexibility index (Phi) is 2.96. The minimum absolute atomic E-state index is 0.592. The monoisotopic (exact) mass is 233 g/mol. The second-order valence-corrected chi connectivity index (χ2v) is 3.68. The van der Waals surface area contributed by atoms with Crippen LogP contribution in [0.1, 0.15) is 5.56 Å². The summed E-state index contributed by atoms with van der Waals surface area (Å²) in [4.78, 5) is 11.2. The molecule has 0 radical (unpaired) electrons. The van der Waals surface area contributed by atoms with Gasteiger partial charge in [0, 0.05) is 23.4 Å². The maximum atomic E-state index is 5.11. The van der Waals surface area contributed by atoms with Crippen LogP contribution in [0, 0.1) is 11.6 Å². The summed E-state index contributed by atoms with van der Waals surface area (Å²) < 4.78 is 5.61. The van der Waals surface area contributed by atoms with Gasteiger partial charge in [-0.25, -0.2) is 9.97 Å². The van der Waals surface area contributed by atoms with E-state index in [-0.39, 0.29) is 0 Å². The number of hydrogen-bond acceptors (Lipinski definition) is 4. The molecule has 2 rings (SSSR count). The highest BCUT2D eigenvalue weighted by molar-refractivity contribution is 7.71. The third-order valence-electron chi connectivity index (χ3n) is 2.32. The van der Waals surface area contributed by atoms with Gasteiger partial charge in [-0.3, -0.25) is 0 Å². The van der Waals surface area contributed by atoms with Crippen molar-refractivity contribution in [2.24, 2.45) is 0 Å². The maximum absolute atomic E-state index is 5.11. The Hall–Kier alpha value is -1.75. The number of aromatic nitrogens is 3. The third-order valence-corrected chi connectivity index (χ3v) is 2.73. The highest BCUT2D eigenvalue weighted by Gasteiger charge is 2.04. The van der Waals surface area contributed by atoms with E-state index in [2.05, 4.69) is 15.0 Å². The first-order chi connectivity index (χ1) is 7.72. The van der Waals surface area contributed by atoms with Crippen LogP contribution >= 0.6 is 12.2 Å². The summed E-state index contributed by atoms with van der Waals surface area (Å²) in [6.07, 6.45) is 3.33. The summed E-state index contributed by atoms with van der Waals surface area (Å²) >= 11 is 5.11. The van der Waals surface area contributed by atoms with E-state index >= 15 is 0 Å². The largest absolute Gasteiger partial charge is 0.481 e. The van der Waals surface area contributed by atoms with Crippen molar-refractivity contribution in [3.05, 3.63) is 34.9 Å². The molecular formula is C11H11N3OS. The Morgan fingerprint density at radius 3 is 2.75 bits per heavy atom. The number of hydrogen-bond donors (Lipinski definition) is 1. The summed E-state index contributed by atoms with van der Waals surface area (Å²) in [6.45, 7) is 1.94. The summed E-state index contributed by atoms with van der Waals surface area (Å²) in [5, 5.41) is 0. The summed E-state index contributed by atoms with van der Waals surface area (Å²) in [5.41, 5.74) is 2.85. The molecule has 0 spiro atoms. The molecule has 0 bridgehead atoms. The van der Waals surface area contributed by atoms with Crippen molar-refractivity contribution in [2.45, 2.75) is 6.92 Å². The fraction of sp³-hybridized carbons (Fsp3) is 0.182. The van der Waals surface area contributed by atoms with Gasteiger partial charge < -0.3 is 9.72 Å². The molecule has 2 aromatic rings. The van der Waals surface area contributed by atoms with Crippen LogP contribution in [0.2, 0.25) is 0 Å². The Labute approximate surface area is 98.3 Å². The Morgan fingerprint density at radius 2 is 2.12 bits per heavy atom. The van der Waals surface area contributed by atoms with E-state index in [0.717, 1.165) is 16.8 Å². The van der Waals surface area contributed by atoms with E-state index in [1.165, 1.54) is 0 Å². The first-order valence-electron chi connectivity index (χ1n) is 4.77. The molecule has 2 aromatic heterocycles. The number of nitrogens with zero attached hydrogens (tertiary/aromatic N) is 2. The molecule has 5 heteroatoms. The third kappa shape index (κ3) is 1.94. The normalized spacial score (nSPS) is 10.1. The van der Waals surface area contributed by atoms with Gasteiger partial charge in [0.15, 0.2) is 0 Å². The smallest absolute Gasteiger partial charge is 0.212 e. The van der Waals surface area contributed by atoms with Gasteiger partial charge in [-0.2, -0.15) is 0 Å². The molecule has 0 amide bonds. The van der Waals surface area contributed by atoms with Crippen LogP contribution in [0.3, 0.4) is 0 Å². The fourth-order valence-electron chi connectivity index (χ4n) is 1.42. The lowest BCUT2D eigenvalue weighted by atomic mass is 10.1. The lowest BCUT2D eigenvalue weighted by Gasteiger charge is -2.05. The predicted octanol–water partition coefficient (Wildman–Crippen LogP) is 2.52. The van der Waals surface area contributed by atoms with Crippen LogP contribution < -0.4 is 4.74 Å². The summed E-state index contributed by atoms with van der Waals surface area (Å²) in [5.74, 6) is 0.592. The van der Waals surface area contributed by atoms with Crippen LogP contribution in [0.4, 0.5) is 0 Å². The quantitative estimate of drug-likeness (QED) is 0.810. The number of pyridine rings is 1. The molecule has 0 unspecified atom stereocenters. The van der Waals surface area contributed by atoms with Gasteiger partial charge in [0.2, 0.25) is 5.88 Å². The molecule has 82 valence electrons. The molecule has 0 fully saturated rings. The number of nitrogens with one attached hydrogen (secondary N) is 1. The van der Waals surface area contributed by atoms with E-state index in [4.69, 9.17) is 17.0 Å². The van der Waals surface area contributed by atoms with Crippen LogP contribution in [0.15, 0.2) is 24.7 Å². The Morgan fingerprint density at radius 1 is 1.31 bits per heavy atom. The van der Waals surface area contributed by atoms with E-state index in [1.807, 2.05) is 19.1 Å². The number of methoxy groups -OCH3 is 1. The molecule has 0 saturated carbocycles. The van der Waals surface area contributed by atoms with E-state index < -0.39 is 0 Å². The Bertz CT molecular complexity index is 548. The lowest BCUT2D eigenvalue weighted by molar-refractivity contribution is 0.398. The van der Waals surface area contributed by atoms with Crippen molar-refractivity contribution in [3.8, 4) is 17.1 Å². The second-order valence-electron chi connectivity index (χ2n) is 3.30. The molecule has 0 aliphatic rings. The molecule has 1 N–H and O–H groups in total. The highest BCUT2D eigenvalue weighted by atomic mass is 32.1. The average molecular weight is 233 g/mol. The highest BCUT2D eigenvalue weighted by Crippen LogP contribution is 2.21. The van der Waals surface area contributed by atoms with Crippen LogP contribution in [0.25, 0.3) is 11.3 Å².